The SMILES string of the molecule is CCCCCCC(=O)O/C(C)=C1/OC(=O)C2=C1C1C[C@@H]3O[C@@]34[C@H](O)[C@@]3(C(C)C)O[C@H]3[C@@H]3O[C@@]34[C@@]1(C)CC2. The van der Waals surface area contributed by atoms with E-state index in [1.54, 1.807) is 6.92 Å². The van der Waals surface area contributed by atoms with Crippen LogP contribution in [0, 0.1) is 17.3 Å². The average molecular weight is 515 g/mol. The predicted octanol–water partition coefficient (Wildman–Crippen LogP) is 3.85. The molecule has 0 aromatic rings. The van der Waals surface area contributed by atoms with Crippen molar-refractivity contribution in [2.45, 2.75) is 127 Å². The number of hydrogen-bond donors (Lipinski definition) is 1. The Bertz CT molecular complexity index is 1150. The van der Waals surface area contributed by atoms with Gasteiger partial charge in [-0.25, -0.2) is 4.79 Å². The predicted molar refractivity (Wildman–Crippen MR) is 130 cm³/mol. The molecule has 1 unspecified atom stereocenters. The van der Waals surface area contributed by atoms with Crippen LogP contribution in [0.4, 0.5) is 0 Å². The van der Waals surface area contributed by atoms with E-state index < -0.39 is 22.9 Å². The summed E-state index contributed by atoms with van der Waals surface area (Å²) < 4.78 is 30.8. The molecule has 7 rings (SSSR count). The molecule has 9 atom stereocenters. The fraction of sp³-hybridized carbons (Fsp3) is 0.793. The first-order chi connectivity index (χ1) is 17.6. The lowest BCUT2D eigenvalue weighted by Crippen LogP contribution is -2.69. The second kappa shape index (κ2) is 7.46. The highest BCUT2D eigenvalue weighted by Gasteiger charge is 3.00. The Morgan fingerprint density at radius 3 is 2.68 bits per heavy atom. The number of esters is 2. The highest BCUT2D eigenvalue weighted by molar-refractivity contribution is 5.95. The van der Waals surface area contributed by atoms with Gasteiger partial charge in [0.25, 0.3) is 0 Å². The molecule has 37 heavy (non-hydrogen) atoms. The van der Waals surface area contributed by atoms with Gasteiger partial charge in [0.15, 0.2) is 11.4 Å². The number of carbonyl (C=O) groups excluding carboxylic acids is 2. The number of fused-ring (bicyclic) bond motifs is 4. The maximum absolute atomic E-state index is 12.9. The number of allylic oxidation sites excluding steroid dienone is 2. The summed E-state index contributed by atoms with van der Waals surface area (Å²) in [4.78, 5) is 25.5. The van der Waals surface area contributed by atoms with Crippen molar-refractivity contribution in [3.8, 4) is 0 Å². The zero-order chi connectivity index (χ0) is 26.1. The quantitative estimate of drug-likeness (QED) is 0.236. The van der Waals surface area contributed by atoms with Gasteiger partial charge in [0.1, 0.15) is 35.3 Å². The van der Waals surface area contributed by atoms with E-state index in [9.17, 15) is 14.7 Å². The summed E-state index contributed by atoms with van der Waals surface area (Å²) >= 11 is 0. The smallest absolute Gasteiger partial charge is 0.339 e. The van der Waals surface area contributed by atoms with Gasteiger partial charge in [-0.15, -0.1) is 0 Å². The number of ether oxygens (including phenoxy) is 5. The van der Waals surface area contributed by atoms with Crippen molar-refractivity contribution in [2.75, 3.05) is 0 Å². The fourth-order valence-electron chi connectivity index (χ4n) is 8.88. The number of unbranched alkanes of at least 4 members (excludes halogenated alkanes) is 3. The van der Waals surface area contributed by atoms with Crippen LogP contribution in [0.3, 0.4) is 0 Å². The summed E-state index contributed by atoms with van der Waals surface area (Å²) in [6, 6.07) is 0. The highest BCUT2D eigenvalue weighted by Crippen LogP contribution is 2.83. The second-order valence-corrected chi connectivity index (χ2v) is 12.8. The van der Waals surface area contributed by atoms with Crippen LogP contribution in [0.2, 0.25) is 0 Å². The van der Waals surface area contributed by atoms with Crippen LogP contribution in [0.5, 0.6) is 0 Å². The van der Waals surface area contributed by atoms with Crippen LogP contribution in [-0.2, 0) is 33.3 Å². The Morgan fingerprint density at radius 2 is 1.95 bits per heavy atom. The standard InChI is InChI=1S/C29H38O8/c1-6-7-8-9-10-19(30)33-15(4)21-20-16(24(31)34-21)11-12-26(5)17(20)13-18-28(35-18)25(32)27(14(2)3)22(36-27)23-29(26,28)37-23/h14,17-18,22-23,25,32H,6-13H2,1-5H3/b21-15+/t17?,18-,22-,23-,25+,26-,27-,28+,29+/m0/s1. The molecule has 0 amide bonds. The van der Waals surface area contributed by atoms with Crippen molar-refractivity contribution in [2.24, 2.45) is 17.3 Å². The molecular weight excluding hydrogens is 476 g/mol. The molecule has 0 aromatic heterocycles. The summed E-state index contributed by atoms with van der Waals surface area (Å²) in [6.45, 7) is 10.2. The number of epoxide rings is 3. The third-order valence-corrected chi connectivity index (χ3v) is 10.9. The molecule has 3 saturated heterocycles. The van der Waals surface area contributed by atoms with Crippen LogP contribution in [0.1, 0.15) is 86.0 Å². The van der Waals surface area contributed by atoms with Crippen LogP contribution in [-0.4, -0.2) is 58.3 Å². The lowest BCUT2D eigenvalue weighted by atomic mass is 9.46. The number of aliphatic hydroxyl groups is 1. The van der Waals surface area contributed by atoms with E-state index in [2.05, 4.69) is 27.7 Å². The minimum Gasteiger partial charge on any atom is -0.427 e. The molecule has 2 saturated carbocycles. The fourth-order valence-corrected chi connectivity index (χ4v) is 8.88. The maximum Gasteiger partial charge on any atom is 0.339 e. The van der Waals surface area contributed by atoms with Crippen LogP contribution < -0.4 is 0 Å². The first-order valence-electron chi connectivity index (χ1n) is 14.2. The summed E-state index contributed by atoms with van der Waals surface area (Å²) in [5, 5.41) is 11.7. The van der Waals surface area contributed by atoms with E-state index in [0.29, 0.717) is 36.4 Å². The third kappa shape index (κ3) is 2.68. The molecule has 1 N–H and O–H groups in total. The van der Waals surface area contributed by atoms with Crippen molar-refractivity contribution in [1.29, 1.82) is 0 Å². The minimum atomic E-state index is -0.772. The monoisotopic (exact) mass is 514 g/mol. The summed E-state index contributed by atoms with van der Waals surface area (Å²) in [6.07, 6.45) is 5.05. The lowest BCUT2D eigenvalue weighted by Gasteiger charge is -2.53. The Hall–Kier alpha value is -1.74. The summed E-state index contributed by atoms with van der Waals surface area (Å²) in [5.74, 6) is 0.158. The van der Waals surface area contributed by atoms with Gasteiger partial charge in [0.2, 0.25) is 0 Å². The van der Waals surface area contributed by atoms with Gasteiger partial charge < -0.3 is 28.8 Å². The number of cyclic esters (lactones) is 1. The summed E-state index contributed by atoms with van der Waals surface area (Å²) in [7, 11) is 0. The van der Waals surface area contributed by atoms with Crippen LogP contribution in [0.25, 0.3) is 0 Å². The van der Waals surface area contributed by atoms with Crippen molar-refractivity contribution < 1.29 is 38.4 Å². The second-order valence-electron chi connectivity index (χ2n) is 12.8. The maximum atomic E-state index is 12.9. The molecule has 202 valence electrons. The Balaban J connectivity index is 1.21. The molecule has 5 fully saturated rings. The van der Waals surface area contributed by atoms with Gasteiger partial charge in [-0.1, -0.05) is 47.0 Å². The first-order valence-corrected chi connectivity index (χ1v) is 14.2. The molecule has 8 nitrogen and oxygen atoms in total. The van der Waals surface area contributed by atoms with Gasteiger partial charge in [-0.05, 0) is 44.4 Å². The first kappa shape index (κ1) is 24.3. The average Bonchev–Trinajstić information content (AvgIpc) is 3.75. The Labute approximate surface area is 217 Å². The Kier molecular flexibility index (Phi) is 4.90. The van der Waals surface area contributed by atoms with E-state index in [1.807, 2.05) is 0 Å². The number of rotatable bonds is 7. The van der Waals surface area contributed by atoms with E-state index in [1.165, 1.54) is 0 Å². The molecule has 7 aliphatic rings. The van der Waals surface area contributed by atoms with Crippen molar-refractivity contribution in [1.82, 2.24) is 0 Å². The summed E-state index contributed by atoms with van der Waals surface area (Å²) in [5.41, 5.74) is -0.912. The third-order valence-electron chi connectivity index (χ3n) is 10.9. The van der Waals surface area contributed by atoms with Gasteiger partial charge >= 0.3 is 11.9 Å². The topological polar surface area (TPSA) is 110 Å². The van der Waals surface area contributed by atoms with Gasteiger partial charge in [0.05, 0.1) is 6.10 Å². The molecule has 0 radical (unpaired) electrons. The number of aliphatic hydroxyl groups excluding tert-OH is 1. The Morgan fingerprint density at radius 1 is 1.16 bits per heavy atom. The van der Waals surface area contributed by atoms with E-state index >= 15 is 0 Å². The van der Waals surface area contributed by atoms with Gasteiger partial charge in [-0.3, -0.25) is 4.79 Å². The minimum absolute atomic E-state index is 0.0703. The number of carbonyl (C=O) groups is 2. The van der Waals surface area contributed by atoms with Crippen molar-refractivity contribution in [3.63, 3.8) is 0 Å². The van der Waals surface area contributed by atoms with Crippen molar-refractivity contribution in [3.05, 3.63) is 22.7 Å². The zero-order valence-electron chi connectivity index (χ0n) is 22.4. The normalized spacial score (nSPS) is 49.2. The highest BCUT2D eigenvalue weighted by atomic mass is 16.7. The molecule has 2 spiro atoms. The van der Waals surface area contributed by atoms with E-state index in [4.69, 9.17) is 23.7 Å². The van der Waals surface area contributed by atoms with E-state index in [0.717, 1.165) is 37.7 Å². The molecule has 3 aliphatic carbocycles. The molecule has 4 heterocycles. The molecule has 4 aliphatic heterocycles. The van der Waals surface area contributed by atoms with Gasteiger partial charge in [0, 0.05) is 23.0 Å². The lowest BCUT2D eigenvalue weighted by molar-refractivity contribution is -0.141. The zero-order valence-corrected chi connectivity index (χ0v) is 22.4. The molecule has 8 heteroatoms. The van der Waals surface area contributed by atoms with Crippen LogP contribution >= 0.6 is 0 Å². The molecule has 0 bridgehead atoms. The van der Waals surface area contributed by atoms with Crippen molar-refractivity contribution >= 4 is 11.9 Å². The largest absolute Gasteiger partial charge is 0.427 e. The number of hydrogen-bond acceptors (Lipinski definition) is 8. The molecular formula is C29H38O8. The van der Waals surface area contributed by atoms with Crippen LogP contribution in [0.15, 0.2) is 22.7 Å². The van der Waals surface area contributed by atoms with Gasteiger partial charge in [-0.2, -0.15) is 0 Å². The van der Waals surface area contributed by atoms with E-state index in [-0.39, 0.29) is 47.5 Å². The molecule has 0 aromatic carbocycles.